The van der Waals surface area contributed by atoms with E-state index in [1.807, 2.05) is 6.07 Å². The molecule has 0 spiro atoms. The molecule has 1 rings (SSSR count). The maximum atomic E-state index is 12.1. The predicted octanol–water partition coefficient (Wildman–Crippen LogP) is 0.798. The first-order chi connectivity index (χ1) is 8.89. The third-order valence-electron chi connectivity index (χ3n) is 2.54. The van der Waals surface area contributed by atoms with Crippen molar-refractivity contribution in [1.82, 2.24) is 4.31 Å². The van der Waals surface area contributed by atoms with Crippen LogP contribution in [0.2, 0.25) is 0 Å². The summed E-state index contributed by atoms with van der Waals surface area (Å²) in [5.41, 5.74) is 0. The third-order valence-corrected chi connectivity index (χ3v) is 4.67. The zero-order chi connectivity index (χ0) is 14.5. The lowest BCUT2D eigenvalue weighted by Crippen LogP contribution is -2.41. The smallest absolute Gasteiger partial charge is 0.323 e. The van der Waals surface area contributed by atoms with E-state index in [0.717, 1.165) is 11.2 Å². The number of aliphatic carboxylic acids is 1. The van der Waals surface area contributed by atoms with Crippen molar-refractivity contribution in [2.24, 2.45) is 0 Å². The van der Waals surface area contributed by atoms with Crippen molar-refractivity contribution >= 4 is 16.0 Å². The molecule has 0 saturated carbocycles. The predicted molar refractivity (Wildman–Crippen MR) is 65.4 cm³/mol. The normalized spacial score (nSPS) is 13.1. The van der Waals surface area contributed by atoms with Crippen LogP contribution in [0, 0.1) is 11.3 Å². The Morgan fingerprint density at radius 1 is 1.63 bits per heavy atom. The molecule has 1 unspecified atom stereocenters. The molecule has 0 aliphatic carbocycles. The molecule has 1 aromatic heterocycles. The van der Waals surface area contributed by atoms with Crippen molar-refractivity contribution in [3.8, 4) is 6.07 Å². The van der Waals surface area contributed by atoms with E-state index in [0.29, 0.717) is 5.76 Å². The van der Waals surface area contributed by atoms with E-state index in [1.165, 1.54) is 6.26 Å². The van der Waals surface area contributed by atoms with Crippen LogP contribution >= 0.6 is 0 Å². The van der Waals surface area contributed by atoms with Crippen molar-refractivity contribution in [2.75, 3.05) is 6.54 Å². The van der Waals surface area contributed by atoms with Crippen molar-refractivity contribution in [1.29, 1.82) is 5.26 Å². The summed E-state index contributed by atoms with van der Waals surface area (Å²) in [6, 6.07) is 5.02. The lowest BCUT2D eigenvalue weighted by atomic mass is 10.4. The monoisotopic (exact) mass is 286 g/mol. The highest BCUT2D eigenvalue weighted by molar-refractivity contribution is 7.90. The quantitative estimate of drug-likeness (QED) is 0.793. The molecule has 0 radical (unpaired) electrons. The van der Waals surface area contributed by atoms with Crippen molar-refractivity contribution in [2.45, 2.75) is 25.1 Å². The summed E-state index contributed by atoms with van der Waals surface area (Å²) in [7, 11) is -4.03. The van der Waals surface area contributed by atoms with E-state index in [1.54, 1.807) is 12.1 Å². The van der Waals surface area contributed by atoms with Gasteiger partial charge in [0.1, 0.15) is 5.76 Å². The molecule has 0 fully saturated rings. The lowest BCUT2D eigenvalue weighted by molar-refractivity contribution is -0.136. The van der Waals surface area contributed by atoms with E-state index in [2.05, 4.69) is 0 Å². The van der Waals surface area contributed by atoms with Gasteiger partial charge in [-0.3, -0.25) is 4.79 Å². The molecule has 8 heteroatoms. The zero-order valence-corrected chi connectivity index (χ0v) is 11.1. The van der Waals surface area contributed by atoms with Gasteiger partial charge in [0.15, 0.2) is 5.25 Å². The second-order valence-corrected chi connectivity index (χ2v) is 6.10. The third kappa shape index (κ3) is 3.81. The van der Waals surface area contributed by atoms with Gasteiger partial charge in [-0.25, -0.2) is 8.42 Å². The van der Waals surface area contributed by atoms with E-state index in [9.17, 15) is 13.2 Å². The van der Waals surface area contributed by atoms with Crippen LogP contribution in [-0.4, -0.2) is 35.6 Å². The average molecular weight is 286 g/mol. The Labute approximate surface area is 111 Å². The van der Waals surface area contributed by atoms with Crippen molar-refractivity contribution in [3.63, 3.8) is 0 Å². The molecule has 0 bridgehead atoms. The zero-order valence-electron chi connectivity index (χ0n) is 10.3. The highest BCUT2D eigenvalue weighted by atomic mass is 32.2. The summed E-state index contributed by atoms with van der Waals surface area (Å²) in [5, 5.41) is 15.8. The fourth-order valence-electron chi connectivity index (χ4n) is 1.40. The fourth-order valence-corrected chi connectivity index (χ4v) is 2.75. The van der Waals surface area contributed by atoms with Crippen LogP contribution in [0.3, 0.4) is 0 Å². The highest BCUT2D eigenvalue weighted by Crippen LogP contribution is 2.15. The summed E-state index contributed by atoms with van der Waals surface area (Å²) in [6.45, 7) is 0.935. The van der Waals surface area contributed by atoms with Crippen LogP contribution in [0.4, 0.5) is 0 Å². The molecule has 1 atom stereocenters. The molecule has 19 heavy (non-hydrogen) atoms. The largest absolute Gasteiger partial charge is 0.480 e. The van der Waals surface area contributed by atoms with Gasteiger partial charge in [0.2, 0.25) is 10.0 Å². The maximum absolute atomic E-state index is 12.1. The number of nitriles is 1. The van der Waals surface area contributed by atoms with Gasteiger partial charge in [-0.2, -0.15) is 9.57 Å². The Kier molecular flexibility index (Phi) is 5.09. The van der Waals surface area contributed by atoms with E-state index < -0.39 is 21.2 Å². The summed E-state index contributed by atoms with van der Waals surface area (Å²) in [6.07, 6.45) is 1.37. The Bertz CT molecular complexity index is 558. The minimum absolute atomic E-state index is 0.0215. The summed E-state index contributed by atoms with van der Waals surface area (Å²) in [5.74, 6) is -1.04. The first-order valence-corrected chi connectivity index (χ1v) is 7.01. The van der Waals surface area contributed by atoms with Crippen LogP contribution in [-0.2, 0) is 21.4 Å². The lowest BCUT2D eigenvalue weighted by Gasteiger charge is -2.22. The summed E-state index contributed by atoms with van der Waals surface area (Å²) < 4.78 is 30.2. The van der Waals surface area contributed by atoms with Gasteiger partial charge in [-0.05, 0) is 19.1 Å². The van der Waals surface area contributed by atoms with Gasteiger partial charge in [-0.1, -0.05) is 0 Å². The summed E-state index contributed by atoms with van der Waals surface area (Å²) in [4.78, 5) is 10.8. The van der Waals surface area contributed by atoms with Crippen LogP contribution in [0.25, 0.3) is 0 Å². The molecule has 104 valence electrons. The van der Waals surface area contributed by atoms with Gasteiger partial charge in [0.05, 0.1) is 18.9 Å². The second kappa shape index (κ2) is 6.36. The second-order valence-electron chi connectivity index (χ2n) is 3.85. The van der Waals surface area contributed by atoms with Crippen LogP contribution in [0.1, 0.15) is 19.1 Å². The van der Waals surface area contributed by atoms with Crippen LogP contribution < -0.4 is 0 Å². The topological polar surface area (TPSA) is 112 Å². The van der Waals surface area contributed by atoms with E-state index >= 15 is 0 Å². The number of carboxylic acid groups (broad SMARTS) is 1. The molecule has 0 saturated heterocycles. The van der Waals surface area contributed by atoms with Gasteiger partial charge >= 0.3 is 5.97 Å². The molecule has 1 heterocycles. The first kappa shape index (κ1) is 15.2. The Hall–Kier alpha value is -1.85. The maximum Gasteiger partial charge on any atom is 0.323 e. The Morgan fingerprint density at radius 2 is 2.32 bits per heavy atom. The molecule has 0 aliphatic rings. The number of sulfonamides is 1. The number of nitrogens with zero attached hydrogens (tertiary/aromatic N) is 2. The Morgan fingerprint density at radius 3 is 2.79 bits per heavy atom. The minimum atomic E-state index is -4.03. The molecular weight excluding hydrogens is 272 g/mol. The van der Waals surface area contributed by atoms with E-state index in [-0.39, 0.29) is 19.5 Å². The number of rotatable bonds is 7. The standard InChI is InChI=1S/C11H14N2O5S/c1-9(11(14)15)19(16,17)13(6-3-5-12)8-10-4-2-7-18-10/h2,4,7,9H,3,6,8H2,1H3,(H,14,15). The minimum Gasteiger partial charge on any atom is -0.480 e. The van der Waals surface area contributed by atoms with Gasteiger partial charge in [0, 0.05) is 13.0 Å². The molecule has 0 aromatic carbocycles. The molecule has 1 aromatic rings. The van der Waals surface area contributed by atoms with Crippen molar-refractivity contribution in [3.05, 3.63) is 24.2 Å². The molecule has 1 N–H and O–H groups in total. The highest BCUT2D eigenvalue weighted by Gasteiger charge is 2.34. The number of carbonyl (C=O) groups is 1. The number of hydrogen-bond acceptors (Lipinski definition) is 5. The van der Waals surface area contributed by atoms with Crippen LogP contribution in [0.5, 0.6) is 0 Å². The van der Waals surface area contributed by atoms with Gasteiger partial charge in [0.25, 0.3) is 0 Å². The van der Waals surface area contributed by atoms with Crippen LogP contribution in [0.15, 0.2) is 22.8 Å². The molecular formula is C11H14N2O5S. The van der Waals surface area contributed by atoms with E-state index in [4.69, 9.17) is 14.8 Å². The number of carboxylic acids is 1. The summed E-state index contributed by atoms with van der Waals surface area (Å²) >= 11 is 0. The number of hydrogen-bond donors (Lipinski definition) is 1. The van der Waals surface area contributed by atoms with Gasteiger partial charge in [-0.15, -0.1) is 0 Å². The van der Waals surface area contributed by atoms with Crippen molar-refractivity contribution < 1.29 is 22.7 Å². The van der Waals surface area contributed by atoms with Gasteiger partial charge < -0.3 is 9.52 Å². The molecule has 0 amide bonds. The molecule has 7 nitrogen and oxygen atoms in total. The first-order valence-electron chi connectivity index (χ1n) is 5.50. The average Bonchev–Trinajstić information content (AvgIpc) is 2.85. The number of furan rings is 1. The Balaban J connectivity index is 2.96. The molecule has 0 aliphatic heterocycles. The fraction of sp³-hybridized carbons (Fsp3) is 0.455. The SMILES string of the molecule is CC(C(=O)O)S(=O)(=O)N(CCC#N)Cc1ccco1.